The second kappa shape index (κ2) is 7.38. The zero-order valence-corrected chi connectivity index (χ0v) is 14.1. The number of aliphatic carboxylic acids is 1. The zero-order valence-electron chi connectivity index (χ0n) is 14.1. The fourth-order valence-electron chi connectivity index (χ4n) is 3.30. The molecule has 1 aliphatic heterocycles. The molecule has 2 aromatic carbocycles. The van der Waals surface area contributed by atoms with Crippen molar-refractivity contribution in [2.24, 2.45) is 0 Å². The van der Waals surface area contributed by atoms with E-state index in [1.807, 2.05) is 48.5 Å². The van der Waals surface area contributed by atoms with Crippen molar-refractivity contribution >= 4 is 11.9 Å². The minimum atomic E-state index is -0.958. The Hall–Kier alpha value is -2.82. The van der Waals surface area contributed by atoms with Crippen LogP contribution in [0, 0.1) is 0 Å². The van der Waals surface area contributed by atoms with Gasteiger partial charge in [-0.1, -0.05) is 42.5 Å². The Kier molecular flexibility index (Phi) is 5.03. The Labute approximate surface area is 146 Å². The van der Waals surface area contributed by atoms with Gasteiger partial charge in [-0.2, -0.15) is 0 Å². The highest BCUT2D eigenvalue weighted by molar-refractivity contribution is 5.84. The quantitative estimate of drug-likeness (QED) is 0.909. The van der Waals surface area contributed by atoms with Crippen molar-refractivity contribution in [2.75, 3.05) is 7.11 Å². The molecule has 0 radical (unpaired) electrons. The highest BCUT2D eigenvalue weighted by atomic mass is 16.5. The Morgan fingerprint density at radius 2 is 1.80 bits per heavy atom. The molecule has 1 N–H and O–H groups in total. The fourth-order valence-corrected chi connectivity index (χ4v) is 3.30. The number of aryl methyl sites for hydroxylation is 1. The number of carboxylic acid groups (broad SMARTS) is 1. The Bertz CT molecular complexity index is 787. The summed E-state index contributed by atoms with van der Waals surface area (Å²) in [5.74, 6) is -0.359. The molecule has 1 heterocycles. The van der Waals surface area contributed by atoms with Gasteiger partial charge in [0.1, 0.15) is 11.8 Å². The third-order valence-electron chi connectivity index (χ3n) is 4.65. The van der Waals surface area contributed by atoms with E-state index in [2.05, 4.69) is 0 Å². The van der Waals surface area contributed by atoms with Crippen LogP contribution in [-0.2, 0) is 29.0 Å². The van der Waals surface area contributed by atoms with Gasteiger partial charge in [0, 0.05) is 19.4 Å². The summed E-state index contributed by atoms with van der Waals surface area (Å²) in [4.78, 5) is 25.8. The van der Waals surface area contributed by atoms with Crippen molar-refractivity contribution in [1.82, 2.24) is 4.90 Å². The lowest BCUT2D eigenvalue weighted by atomic mass is 9.93. The number of para-hydroxylation sites is 1. The Morgan fingerprint density at radius 3 is 2.52 bits per heavy atom. The van der Waals surface area contributed by atoms with E-state index >= 15 is 0 Å². The minimum Gasteiger partial charge on any atom is -0.496 e. The van der Waals surface area contributed by atoms with Crippen LogP contribution in [0.5, 0.6) is 5.75 Å². The maximum Gasteiger partial charge on any atom is 0.326 e. The van der Waals surface area contributed by atoms with Crippen LogP contribution in [0.15, 0.2) is 48.5 Å². The third kappa shape index (κ3) is 3.65. The number of amides is 1. The highest BCUT2D eigenvalue weighted by Gasteiger charge is 2.34. The van der Waals surface area contributed by atoms with Gasteiger partial charge in [0.05, 0.1) is 7.11 Å². The molecule has 2 aromatic rings. The summed E-state index contributed by atoms with van der Waals surface area (Å²) in [5, 5.41) is 9.54. The third-order valence-corrected chi connectivity index (χ3v) is 4.65. The van der Waals surface area contributed by atoms with Gasteiger partial charge in [0.25, 0.3) is 0 Å². The SMILES string of the molecule is COc1ccccc1CCC(=O)N1Cc2ccccc2C[C@@H]1C(=O)O. The lowest BCUT2D eigenvalue weighted by Crippen LogP contribution is -2.48. The first-order valence-electron chi connectivity index (χ1n) is 8.31. The van der Waals surface area contributed by atoms with Crippen molar-refractivity contribution in [3.8, 4) is 5.75 Å². The number of hydrogen-bond acceptors (Lipinski definition) is 3. The summed E-state index contributed by atoms with van der Waals surface area (Å²) in [5.41, 5.74) is 2.97. The number of nitrogens with zero attached hydrogens (tertiary/aromatic N) is 1. The van der Waals surface area contributed by atoms with Gasteiger partial charge in [-0.25, -0.2) is 4.79 Å². The van der Waals surface area contributed by atoms with Crippen LogP contribution in [0.4, 0.5) is 0 Å². The maximum atomic E-state index is 12.7. The molecule has 0 aromatic heterocycles. The molecule has 1 amide bonds. The number of hydrogen-bond donors (Lipinski definition) is 1. The molecule has 0 bridgehead atoms. The monoisotopic (exact) mass is 339 g/mol. The molecule has 5 heteroatoms. The summed E-state index contributed by atoms with van der Waals surface area (Å²) < 4.78 is 5.31. The standard InChI is InChI=1S/C20H21NO4/c1-25-18-9-5-4-6-14(18)10-11-19(22)21-13-16-8-3-2-7-15(16)12-17(21)20(23)24/h2-9,17H,10-13H2,1H3,(H,23,24)/t17-/m1/s1. The first-order chi connectivity index (χ1) is 12.1. The van der Waals surface area contributed by atoms with Crippen LogP contribution in [0.25, 0.3) is 0 Å². The first kappa shape index (κ1) is 17.0. The van der Waals surface area contributed by atoms with E-state index in [4.69, 9.17) is 4.74 Å². The van der Waals surface area contributed by atoms with Gasteiger partial charge in [0.2, 0.25) is 5.91 Å². The predicted octanol–water partition coefficient (Wildman–Crippen LogP) is 2.67. The van der Waals surface area contributed by atoms with E-state index < -0.39 is 12.0 Å². The number of fused-ring (bicyclic) bond motifs is 1. The molecular weight excluding hydrogens is 318 g/mol. The topological polar surface area (TPSA) is 66.8 Å². The lowest BCUT2D eigenvalue weighted by molar-refractivity contribution is -0.151. The summed E-state index contributed by atoms with van der Waals surface area (Å²) in [6.45, 7) is 0.345. The molecule has 0 fully saturated rings. The van der Waals surface area contributed by atoms with Crippen molar-refractivity contribution in [3.63, 3.8) is 0 Å². The van der Waals surface area contributed by atoms with Crippen LogP contribution >= 0.6 is 0 Å². The van der Waals surface area contributed by atoms with Gasteiger partial charge in [-0.15, -0.1) is 0 Å². The molecule has 0 saturated heterocycles. The molecule has 130 valence electrons. The normalized spacial score (nSPS) is 16.2. The molecule has 25 heavy (non-hydrogen) atoms. The van der Waals surface area contributed by atoms with Crippen LogP contribution < -0.4 is 4.74 Å². The number of ether oxygens (including phenoxy) is 1. The maximum absolute atomic E-state index is 12.7. The minimum absolute atomic E-state index is 0.146. The van der Waals surface area contributed by atoms with Gasteiger partial charge < -0.3 is 14.7 Å². The largest absolute Gasteiger partial charge is 0.496 e. The fraction of sp³-hybridized carbons (Fsp3) is 0.300. The van der Waals surface area contributed by atoms with Crippen LogP contribution in [0.3, 0.4) is 0 Å². The summed E-state index contributed by atoms with van der Waals surface area (Å²) in [6, 6.07) is 14.5. The van der Waals surface area contributed by atoms with Crippen molar-refractivity contribution in [2.45, 2.75) is 31.8 Å². The van der Waals surface area contributed by atoms with Gasteiger partial charge in [-0.05, 0) is 29.2 Å². The molecule has 0 spiro atoms. The Morgan fingerprint density at radius 1 is 1.12 bits per heavy atom. The predicted molar refractivity (Wildman–Crippen MR) is 93.4 cm³/mol. The molecule has 0 saturated carbocycles. The molecule has 0 aliphatic carbocycles. The van der Waals surface area contributed by atoms with Gasteiger partial charge >= 0.3 is 5.97 Å². The number of carboxylic acids is 1. The van der Waals surface area contributed by atoms with E-state index in [0.29, 0.717) is 19.4 Å². The van der Waals surface area contributed by atoms with Crippen LogP contribution in [-0.4, -0.2) is 35.0 Å². The van der Waals surface area contributed by atoms with Gasteiger partial charge in [-0.3, -0.25) is 4.79 Å². The Balaban J connectivity index is 1.75. The first-order valence-corrected chi connectivity index (χ1v) is 8.31. The van der Waals surface area contributed by atoms with Crippen molar-refractivity contribution in [1.29, 1.82) is 0 Å². The van der Waals surface area contributed by atoms with E-state index in [1.54, 1.807) is 7.11 Å². The summed E-state index contributed by atoms with van der Waals surface area (Å²) >= 11 is 0. The van der Waals surface area contributed by atoms with Crippen LogP contribution in [0.1, 0.15) is 23.1 Å². The molecular formula is C20H21NO4. The number of carbonyl (C=O) groups excluding carboxylic acids is 1. The summed E-state index contributed by atoms with van der Waals surface area (Å²) in [6.07, 6.45) is 1.13. The van der Waals surface area contributed by atoms with E-state index in [-0.39, 0.29) is 12.3 Å². The van der Waals surface area contributed by atoms with E-state index in [1.165, 1.54) is 4.90 Å². The smallest absolute Gasteiger partial charge is 0.326 e. The second-order valence-electron chi connectivity index (χ2n) is 6.16. The number of rotatable bonds is 5. The molecule has 1 atom stereocenters. The van der Waals surface area contributed by atoms with Crippen molar-refractivity contribution < 1.29 is 19.4 Å². The lowest BCUT2D eigenvalue weighted by Gasteiger charge is -2.34. The zero-order chi connectivity index (χ0) is 17.8. The van der Waals surface area contributed by atoms with E-state index in [0.717, 1.165) is 22.4 Å². The summed E-state index contributed by atoms with van der Waals surface area (Å²) in [7, 11) is 1.60. The van der Waals surface area contributed by atoms with Crippen molar-refractivity contribution in [3.05, 3.63) is 65.2 Å². The average Bonchev–Trinajstić information content (AvgIpc) is 2.65. The van der Waals surface area contributed by atoms with Crippen LogP contribution in [0.2, 0.25) is 0 Å². The molecule has 5 nitrogen and oxygen atoms in total. The number of carbonyl (C=O) groups is 2. The highest BCUT2D eigenvalue weighted by Crippen LogP contribution is 2.25. The van der Waals surface area contributed by atoms with Gasteiger partial charge in [0.15, 0.2) is 0 Å². The second-order valence-corrected chi connectivity index (χ2v) is 6.16. The van der Waals surface area contributed by atoms with E-state index in [9.17, 15) is 14.7 Å². The molecule has 1 aliphatic rings. The molecule has 0 unspecified atom stereocenters. The average molecular weight is 339 g/mol. The number of methoxy groups -OCH3 is 1. The molecule has 3 rings (SSSR count). The number of benzene rings is 2.